The molecule has 0 spiro atoms. The van der Waals surface area contributed by atoms with E-state index in [1.807, 2.05) is 6.07 Å². The summed E-state index contributed by atoms with van der Waals surface area (Å²) in [6.45, 7) is 0. The Hall–Kier alpha value is -3.25. The first kappa shape index (κ1) is 26.8. The Kier molecular flexibility index (Phi) is 6.27. The molecule has 1 N–H and O–H groups in total. The number of benzene rings is 1. The number of nitrogens with one attached hydrogen (secondary N) is 1. The fraction of sp³-hybridized carbons (Fsp3) is 0.333. The Balaban J connectivity index is 1.77. The molecule has 1 fully saturated rings. The van der Waals surface area contributed by atoms with Gasteiger partial charge in [-0.15, -0.1) is 0 Å². The smallest absolute Gasteiger partial charge is 0.334 e. The van der Waals surface area contributed by atoms with Crippen LogP contribution in [-0.2, 0) is 19.1 Å². The molecule has 0 unspecified atom stereocenters. The lowest BCUT2D eigenvalue weighted by atomic mass is 10.0. The van der Waals surface area contributed by atoms with Gasteiger partial charge in [0.25, 0.3) is 5.91 Å². The number of alkyl halides is 8. The van der Waals surface area contributed by atoms with Crippen LogP contribution in [0, 0.1) is 11.3 Å². The molecule has 2 aromatic heterocycles. The zero-order valence-electron chi connectivity index (χ0n) is 18.2. The molecule has 0 aliphatic heterocycles. The van der Waals surface area contributed by atoms with E-state index in [1.165, 1.54) is 18.2 Å². The molecule has 1 aliphatic carbocycles. The molecule has 6 nitrogen and oxygen atoms in total. The van der Waals surface area contributed by atoms with Crippen molar-refractivity contribution in [1.29, 1.82) is 5.26 Å². The Labute approximate surface area is 211 Å². The summed E-state index contributed by atoms with van der Waals surface area (Å²) >= 11 is 6.70. The van der Waals surface area contributed by atoms with Crippen LogP contribution in [0.1, 0.15) is 34.5 Å². The van der Waals surface area contributed by atoms with E-state index in [4.69, 9.17) is 16.9 Å². The number of rotatable bonds is 5. The average molecular weight is 570 g/mol. The van der Waals surface area contributed by atoms with Gasteiger partial charge >= 0.3 is 18.3 Å². The van der Waals surface area contributed by atoms with E-state index >= 15 is 0 Å². The summed E-state index contributed by atoms with van der Waals surface area (Å²) in [4.78, 5) is 12.8. The third-order valence-electron chi connectivity index (χ3n) is 5.55. The largest absolute Gasteiger partial charge is 0.459 e. The molecule has 196 valence electrons. The topological polar surface area (TPSA) is 83.6 Å². The zero-order chi connectivity index (χ0) is 27.6. The van der Waals surface area contributed by atoms with Crippen LogP contribution in [0.25, 0.3) is 21.8 Å². The average Bonchev–Trinajstić information content (AvgIpc) is 3.21. The predicted octanol–water partition coefficient (Wildman–Crippen LogP) is 6.32. The summed E-state index contributed by atoms with van der Waals surface area (Å²) in [5.41, 5.74) is -7.21. The second-order valence-electron chi connectivity index (χ2n) is 8.18. The van der Waals surface area contributed by atoms with Crippen LogP contribution in [0.2, 0.25) is 5.02 Å². The number of halogens is 9. The molecule has 0 radical (unpaired) electrons. The molecule has 37 heavy (non-hydrogen) atoms. The Morgan fingerprint density at radius 2 is 1.81 bits per heavy atom. The molecule has 3 aromatic rings. The number of aryl methyl sites for hydroxylation is 1. The molecule has 16 heteroatoms. The maximum Gasteiger partial charge on any atom is 0.459 e. The Morgan fingerprint density at radius 1 is 1.16 bits per heavy atom. The molecule has 0 saturated heterocycles. The van der Waals surface area contributed by atoms with Crippen LogP contribution in [-0.4, -0.2) is 31.8 Å². The van der Waals surface area contributed by atoms with Crippen molar-refractivity contribution in [2.45, 2.75) is 36.7 Å². The van der Waals surface area contributed by atoms with Crippen molar-refractivity contribution in [1.82, 2.24) is 19.5 Å². The highest BCUT2D eigenvalue weighted by atomic mass is 35.5. The molecule has 4 rings (SSSR count). The van der Waals surface area contributed by atoms with Gasteiger partial charge in [-0.05, 0) is 48.1 Å². The fourth-order valence-electron chi connectivity index (χ4n) is 3.49. The molecule has 0 atom stereocenters. The van der Waals surface area contributed by atoms with Crippen molar-refractivity contribution >= 4 is 29.0 Å². The van der Waals surface area contributed by atoms with E-state index < -0.39 is 52.4 Å². The number of hydrogen-bond donors (Lipinski definition) is 1. The van der Waals surface area contributed by atoms with Gasteiger partial charge in [-0.1, -0.05) is 17.7 Å². The minimum atomic E-state index is -6.32. The fourth-order valence-corrected chi connectivity index (χ4v) is 4.43. The van der Waals surface area contributed by atoms with Crippen molar-refractivity contribution in [3.05, 3.63) is 46.1 Å². The molecule has 1 aromatic carbocycles. The number of amides is 1. The van der Waals surface area contributed by atoms with Gasteiger partial charge in [0.1, 0.15) is 22.5 Å². The lowest BCUT2D eigenvalue weighted by molar-refractivity contribution is -0.292. The monoisotopic (exact) mass is 569 g/mol. The van der Waals surface area contributed by atoms with Crippen molar-refractivity contribution in [3.63, 3.8) is 0 Å². The molecule has 1 saturated carbocycles. The van der Waals surface area contributed by atoms with Crippen LogP contribution in [0.3, 0.4) is 0 Å². The normalized spacial score (nSPS) is 15.4. The van der Waals surface area contributed by atoms with Crippen LogP contribution < -0.4 is 5.32 Å². The summed E-state index contributed by atoms with van der Waals surface area (Å²) in [7, 11) is 0.785. The van der Waals surface area contributed by atoms with Gasteiger partial charge in [-0.3, -0.25) is 9.48 Å². The third kappa shape index (κ3) is 4.75. The second kappa shape index (κ2) is 8.66. The summed E-state index contributed by atoms with van der Waals surface area (Å²) in [6, 6.07) is 7.04. The van der Waals surface area contributed by atoms with Crippen molar-refractivity contribution < 1.29 is 39.9 Å². The number of aromatic nitrogens is 3. The maximum absolute atomic E-state index is 13.9. The highest BCUT2D eigenvalue weighted by Crippen LogP contribution is 2.50. The van der Waals surface area contributed by atoms with Gasteiger partial charge < -0.3 is 5.32 Å². The maximum atomic E-state index is 13.9. The summed E-state index contributed by atoms with van der Waals surface area (Å²) < 4.78 is 112. The molecular weight excluding hydrogens is 558 g/mol. The summed E-state index contributed by atoms with van der Waals surface area (Å²) in [6.07, 6.45) is -11.0. The van der Waals surface area contributed by atoms with Crippen molar-refractivity contribution in [2.24, 2.45) is 7.05 Å². The van der Waals surface area contributed by atoms with Crippen LogP contribution in [0.15, 0.2) is 24.3 Å². The Morgan fingerprint density at radius 3 is 2.35 bits per heavy atom. The van der Waals surface area contributed by atoms with Crippen molar-refractivity contribution in [2.75, 3.05) is 0 Å². The summed E-state index contributed by atoms with van der Waals surface area (Å²) in [5, 5.41) is 14.6. The molecule has 2 heterocycles. The zero-order valence-corrected chi connectivity index (χ0v) is 19.8. The van der Waals surface area contributed by atoms with Gasteiger partial charge in [0.15, 0.2) is 5.69 Å². The first-order valence-electron chi connectivity index (χ1n) is 10.1. The summed E-state index contributed by atoms with van der Waals surface area (Å²) in [5.74, 6) is -6.55. The number of carbonyl (C=O) groups excluding carboxylic acids is 1. The third-order valence-corrected chi connectivity index (χ3v) is 6.72. The first-order valence-corrected chi connectivity index (χ1v) is 11.3. The van der Waals surface area contributed by atoms with Gasteiger partial charge in [0, 0.05) is 7.05 Å². The van der Waals surface area contributed by atoms with E-state index in [0.717, 1.165) is 13.1 Å². The lowest BCUT2D eigenvalue weighted by Crippen LogP contribution is -2.36. The van der Waals surface area contributed by atoms with E-state index in [9.17, 15) is 39.9 Å². The van der Waals surface area contributed by atoms with E-state index in [-0.39, 0.29) is 25.7 Å². The van der Waals surface area contributed by atoms with E-state index in [0.29, 0.717) is 24.4 Å². The highest BCUT2D eigenvalue weighted by molar-refractivity contribution is 7.09. The molecule has 0 bridgehead atoms. The first-order chi connectivity index (χ1) is 17.0. The van der Waals surface area contributed by atoms with Crippen LogP contribution in [0.4, 0.5) is 35.1 Å². The number of nitrogens with zero attached hydrogens (tertiary/aromatic N) is 4. The minimum absolute atomic E-state index is 0.0183. The van der Waals surface area contributed by atoms with Crippen LogP contribution >= 0.6 is 23.1 Å². The molecule has 1 amide bonds. The highest BCUT2D eigenvalue weighted by Gasteiger charge is 2.64. The molecular formula is C21H12ClF8N5OS. The quantitative estimate of drug-likeness (QED) is 0.364. The lowest BCUT2D eigenvalue weighted by Gasteiger charge is -2.19. The van der Waals surface area contributed by atoms with Gasteiger partial charge in [0.2, 0.25) is 0 Å². The number of hydrogen-bond acceptors (Lipinski definition) is 5. The van der Waals surface area contributed by atoms with Gasteiger partial charge in [-0.25, -0.2) is 0 Å². The Bertz CT molecular complexity index is 1430. The van der Waals surface area contributed by atoms with Crippen molar-refractivity contribution in [3.8, 4) is 27.9 Å². The minimum Gasteiger partial charge on any atom is -0.334 e. The van der Waals surface area contributed by atoms with E-state index in [1.54, 1.807) is 0 Å². The predicted molar refractivity (Wildman–Crippen MR) is 115 cm³/mol. The van der Waals surface area contributed by atoms with Crippen LogP contribution in [0.5, 0.6) is 0 Å². The second-order valence-corrected chi connectivity index (χ2v) is 9.40. The molecule has 1 aliphatic rings. The van der Waals surface area contributed by atoms with E-state index in [2.05, 4.69) is 14.8 Å². The van der Waals surface area contributed by atoms with Gasteiger partial charge in [0.05, 0.1) is 21.5 Å². The SMILES string of the molecule is Cn1nc(C(F)(F)C(F)(F)F)c(C(F)(F)F)c1-c1cc(-c2ccc(Cl)c(C(=O)NC3(C#N)CC3)c2)sn1. The standard InChI is InChI=1S/C21H12ClF8N5OS/c1-35-15(14(20(25,26)27)16(33-35)19(23,24)21(28,29)30)12-7-13(37-34-12)9-2-3-11(22)10(6-9)17(36)32-18(8-31)4-5-18/h2-3,6-7H,4-5H2,1H3,(H,32,36). The number of nitriles is 1. The van der Waals surface area contributed by atoms with Gasteiger partial charge in [-0.2, -0.15) is 49.9 Å². The number of carbonyl (C=O) groups is 1.